The highest BCUT2D eigenvalue weighted by Gasteiger charge is 2.20. The minimum Gasteiger partial charge on any atom is -0.484 e. The van der Waals surface area contributed by atoms with Crippen molar-refractivity contribution in [2.24, 2.45) is 7.05 Å². The molecule has 9 heteroatoms. The molecule has 8 nitrogen and oxygen atoms in total. The lowest BCUT2D eigenvalue weighted by molar-refractivity contribution is 0.0928. The summed E-state index contributed by atoms with van der Waals surface area (Å²) in [5.74, 6) is 0.650. The number of carbonyl (C=O) groups excluding carboxylic acids is 1. The van der Waals surface area contributed by atoms with E-state index in [-0.39, 0.29) is 36.0 Å². The quantitative estimate of drug-likeness (QED) is 0.696. The molecule has 1 atom stereocenters. The van der Waals surface area contributed by atoms with Crippen molar-refractivity contribution in [2.75, 3.05) is 0 Å². The third kappa shape index (κ3) is 4.05. The molecule has 26 heavy (non-hydrogen) atoms. The summed E-state index contributed by atoms with van der Waals surface area (Å²) in [6, 6.07) is 5.30. The molecule has 1 N–H and O–H groups in total. The minimum absolute atomic E-state index is 0.0272. The van der Waals surface area contributed by atoms with E-state index < -0.39 is 0 Å². The first kappa shape index (κ1) is 17.6. The molecule has 2 heterocycles. The van der Waals surface area contributed by atoms with Gasteiger partial charge in [0, 0.05) is 7.05 Å². The van der Waals surface area contributed by atoms with Crippen molar-refractivity contribution in [1.29, 1.82) is 0 Å². The Morgan fingerprint density at radius 3 is 2.81 bits per heavy atom. The zero-order chi connectivity index (χ0) is 18.5. The summed E-state index contributed by atoms with van der Waals surface area (Å²) in [5, 5.41) is 6.86. The number of carbonyl (C=O) groups is 1. The Kier molecular flexibility index (Phi) is 5.26. The monoisotopic (exact) mass is 359 g/mol. The van der Waals surface area contributed by atoms with E-state index >= 15 is 0 Å². The topological polar surface area (TPSA) is 95.1 Å². The van der Waals surface area contributed by atoms with Gasteiger partial charge in [0.2, 0.25) is 5.89 Å². The van der Waals surface area contributed by atoms with Crippen LogP contribution in [-0.4, -0.2) is 25.7 Å². The lowest BCUT2D eigenvalue weighted by Gasteiger charge is -2.14. The van der Waals surface area contributed by atoms with E-state index in [0.717, 1.165) is 0 Å². The number of halogens is 1. The van der Waals surface area contributed by atoms with Crippen LogP contribution in [0, 0.1) is 5.82 Å². The lowest BCUT2D eigenvalue weighted by Crippen LogP contribution is -2.30. The summed E-state index contributed by atoms with van der Waals surface area (Å²) in [6.07, 6.45) is 3.35. The molecule has 3 aromatic rings. The fourth-order valence-electron chi connectivity index (χ4n) is 2.36. The zero-order valence-electron chi connectivity index (χ0n) is 14.3. The van der Waals surface area contributed by atoms with Gasteiger partial charge < -0.3 is 14.5 Å². The second kappa shape index (κ2) is 7.77. The largest absolute Gasteiger partial charge is 0.484 e. The Balaban J connectivity index is 1.60. The van der Waals surface area contributed by atoms with Crippen LogP contribution in [0.1, 0.15) is 41.6 Å². The summed E-state index contributed by atoms with van der Waals surface area (Å²) < 4.78 is 25.2. The van der Waals surface area contributed by atoms with Crippen LogP contribution < -0.4 is 10.1 Å². The maximum atomic E-state index is 12.9. The van der Waals surface area contributed by atoms with Crippen molar-refractivity contribution in [3.8, 4) is 5.75 Å². The van der Waals surface area contributed by atoms with Gasteiger partial charge in [-0.15, -0.1) is 0 Å². The molecule has 0 fully saturated rings. The molecule has 0 aliphatic rings. The van der Waals surface area contributed by atoms with Crippen LogP contribution in [0.3, 0.4) is 0 Å². The number of aryl methyl sites for hydroxylation is 1. The molecule has 0 saturated heterocycles. The van der Waals surface area contributed by atoms with Crippen molar-refractivity contribution in [3.05, 3.63) is 60.1 Å². The highest BCUT2D eigenvalue weighted by molar-refractivity contribution is 5.92. The van der Waals surface area contributed by atoms with Crippen LogP contribution in [0.4, 0.5) is 4.39 Å². The number of ether oxygens (including phenoxy) is 1. The van der Waals surface area contributed by atoms with Gasteiger partial charge in [0.15, 0.2) is 12.3 Å². The number of amides is 1. The van der Waals surface area contributed by atoms with Crippen LogP contribution >= 0.6 is 0 Å². The number of rotatable bonds is 7. The Labute approximate surface area is 149 Å². The maximum Gasteiger partial charge on any atom is 0.273 e. The van der Waals surface area contributed by atoms with Gasteiger partial charge in [0.25, 0.3) is 5.91 Å². The van der Waals surface area contributed by atoms with E-state index in [1.807, 2.05) is 6.92 Å². The number of hydrogen-bond donors (Lipinski definition) is 1. The molecular weight excluding hydrogens is 341 g/mol. The summed E-state index contributed by atoms with van der Waals surface area (Å²) in [5.41, 5.74) is 0.142. The van der Waals surface area contributed by atoms with Crippen LogP contribution in [-0.2, 0) is 13.7 Å². The first-order valence-corrected chi connectivity index (χ1v) is 8.04. The highest BCUT2D eigenvalue weighted by Crippen LogP contribution is 2.15. The first-order chi connectivity index (χ1) is 12.6. The van der Waals surface area contributed by atoms with Crippen molar-refractivity contribution in [2.45, 2.75) is 26.0 Å². The van der Waals surface area contributed by atoms with E-state index in [1.54, 1.807) is 11.7 Å². The van der Waals surface area contributed by atoms with Crippen molar-refractivity contribution < 1.29 is 18.3 Å². The number of oxazole rings is 1. The standard InChI is InChI=1S/C17H18FN5O3/c1-3-13(16-19-10-20-23(16)2)22-17(24)14-8-26-15(21-14)9-25-12-6-4-11(18)5-7-12/h4-8,10,13H,3,9H2,1-2H3,(H,22,24)/t13-/m0/s1. The maximum absolute atomic E-state index is 12.9. The van der Waals surface area contributed by atoms with E-state index in [2.05, 4.69) is 20.4 Å². The molecule has 0 bridgehead atoms. The third-order valence-electron chi connectivity index (χ3n) is 3.73. The highest BCUT2D eigenvalue weighted by atomic mass is 19.1. The molecule has 136 valence electrons. The van der Waals surface area contributed by atoms with Gasteiger partial charge in [-0.25, -0.2) is 14.4 Å². The second-order valence-electron chi connectivity index (χ2n) is 5.55. The fourth-order valence-corrected chi connectivity index (χ4v) is 2.36. The molecule has 0 spiro atoms. The van der Waals surface area contributed by atoms with Crippen LogP contribution in [0.25, 0.3) is 0 Å². The Bertz CT molecular complexity index is 875. The van der Waals surface area contributed by atoms with Crippen molar-refractivity contribution in [3.63, 3.8) is 0 Å². The predicted molar refractivity (Wildman–Crippen MR) is 88.7 cm³/mol. The van der Waals surface area contributed by atoms with Gasteiger partial charge in [-0.1, -0.05) is 6.92 Å². The van der Waals surface area contributed by atoms with Crippen LogP contribution in [0.5, 0.6) is 5.75 Å². The van der Waals surface area contributed by atoms with Crippen LogP contribution in [0.15, 0.2) is 41.3 Å². The Hall–Kier alpha value is -3.23. The number of nitrogens with zero attached hydrogens (tertiary/aromatic N) is 4. The van der Waals surface area contributed by atoms with Crippen molar-refractivity contribution in [1.82, 2.24) is 25.1 Å². The molecular formula is C17H18FN5O3. The number of hydrogen-bond acceptors (Lipinski definition) is 6. The number of benzene rings is 1. The Morgan fingerprint density at radius 1 is 1.38 bits per heavy atom. The van der Waals surface area contributed by atoms with E-state index in [9.17, 15) is 9.18 Å². The van der Waals surface area contributed by atoms with Gasteiger partial charge in [0.1, 0.15) is 30.0 Å². The molecule has 1 amide bonds. The average molecular weight is 359 g/mol. The summed E-state index contributed by atoms with van der Waals surface area (Å²) in [4.78, 5) is 20.6. The summed E-state index contributed by atoms with van der Waals surface area (Å²) >= 11 is 0. The van der Waals surface area contributed by atoms with E-state index in [0.29, 0.717) is 18.0 Å². The third-order valence-corrected chi connectivity index (χ3v) is 3.73. The molecule has 0 saturated carbocycles. The van der Waals surface area contributed by atoms with Gasteiger partial charge in [-0.2, -0.15) is 5.10 Å². The predicted octanol–water partition coefficient (Wildman–Crippen LogP) is 2.40. The van der Waals surface area contributed by atoms with Gasteiger partial charge in [-0.05, 0) is 30.7 Å². The number of aromatic nitrogens is 4. The molecule has 1 aromatic carbocycles. The molecule has 0 aliphatic carbocycles. The summed E-state index contributed by atoms with van der Waals surface area (Å²) in [7, 11) is 1.76. The smallest absolute Gasteiger partial charge is 0.273 e. The Morgan fingerprint density at radius 2 is 2.15 bits per heavy atom. The molecule has 2 aromatic heterocycles. The molecule has 0 unspecified atom stereocenters. The molecule has 3 rings (SSSR count). The molecule has 0 aliphatic heterocycles. The number of nitrogens with one attached hydrogen (secondary N) is 1. The van der Waals surface area contributed by atoms with Gasteiger partial charge in [0.05, 0.1) is 6.04 Å². The zero-order valence-corrected chi connectivity index (χ0v) is 14.3. The average Bonchev–Trinajstić information content (AvgIpc) is 3.28. The first-order valence-electron chi connectivity index (χ1n) is 8.04. The lowest BCUT2D eigenvalue weighted by atomic mass is 10.2. The van der Waals surface area contributed by atoms with Gasteiger partial charge in [-0.3, -0.25) is 9.48 Å². The molecule has 0 radical (unpaired) electrons. The van der Waals surface area contributed by atoms with Gasteiger partial charge >= 0.3 is 0 Å². The second-order valence-corrected chi connectivity index (χ2v) is 5.55. The normalized spacial score (nSPS) is 12.0. The SMILES string of the molecule is CC[C@H](NC(=O)c1coc(COc2ccc(F)cc2)n1)c1ncnn1C. The summed E-state index contributed by atoms with van der Waals surface area (Å²) in [6.45, 7) is 1.96. The van der Waals surface area contributed by atoms with Crippen LogP contribution in [0.2, 0.25) is 0 Å². The fraction of sp³-hybridized carbons (Fsp3) is 0.294. The van der Waals surface area contributed by atoms with E-state index in [1.165, 1.54) is 36.9 Å². The van der Waals surface area contributed by atoms with Crippen molar-refractivity contribution >= 4 is 5.91 Å². The minimum atomic E-state index is -0.378. The van der Waals surface area contributed by atoms with E-state index in [4.69, 9.17) is 9.15 Å².